The third kappa shape index (κ3) is 6.51. The zero-order valence-electron chi connectivity index (χ0n) is 25.1. The number of ether oxygens (including phenoxy) is 2. The quantitative estimate of drug-likeness (QED) is 0.367. The summed E-state index contributed by atoms with van der Waals surface area (Å²) in [5.74, 6) is 0.582. The zero-order chi connectivity index (χ0) is 30.1. The third-order valence-corrected chi connectivity index (χ3v) is 11.9. The topological polar surface area (TPSA) is 84.9 Å². The van der Waals surface area contributed by atoms with E-state index in [0.29, 0.717) is 36.2 Å². The fourth-order valence-corrected chi connectivity index (χ4v) is 8.02. The van der Waals surface area contributed by atoms with E-state index in [1.54, 1.807) is 32.2 Å². The second-order valence-electron chi connectivity index (χ2n) is 12.4. The summed E-state index contributed by atoms with van der Waals surface area (Å²) in [7, 11) is -2.14. The van der Waals surface area contributed by atoms with E-state index >= 15 is 0 Å². The van der Waals surface area contributed by atoms with Gasteiger partial charge in [-0.15, -0.1) is 0 Å². The SMILES string of the molecule is CO[C@]1(C)/C=C/C[C@H](C)[C@@H](C)S(=O)(=O)NC(=O)c2ccc3c(c2)N(CCCCc2cc(Cl)ccc2CO3)C[C@@H]2CC[C@H]21. The maximum Gasteiger partial charge on any atom is 0.264 e. The minimum Gasteiger partial charge on any atom is -0.487 e. The van der Waals surface area contributed by atoms with Gasteiger partial charge in [-0.2, -0.15) is 0 Å². The fourth-order valence-electron chi connectivity index (χ4n) is 6.54. The van der Waals surface area contributed by atoms with Gasteiger partial charge >= 0.3 is 0 Å². The third-order valence-electron chi connectivity index (χ3n) is 9.77. The number of carbonyl (C=O) groups is 1. The van der Waals surface area contributed by atoms with Gasteiger partial charge in [0.05, 0.1) is 16.5 Å². The number of hydrogen-bond donors (Lipinski definition) is 1. The van der Waals surface area contributed by atoms with Crippen LogP contribution in [0.3, 0.4) is 0 Å². The first-order chi connectivity index (χ1) is 20.0. The van der Waals surface area contributed by atoms with Gasteiger partial charge in [-0.25, -0.2) is 13.1 Å². The molecular weight excluding hydrogens is 572 g/mol. The molecular formula is C33H43ClN2O5S. The van der Waals surface area contributed by atoms with Crippen molar-refractivity contribution in [2.24, 2.45) is 17.8 Å². The molecule has 7 nitrogen and oxygen atoms in total. The van der Waals surface area contributed by atoms with Crippen LogP contribution in [0.25, 0.3) is 0 Å². The van der Waals surface area contributed by atoms with Gasteiger partial charge in [0.1, 0.15) is 12.4 Å². The Bertz CT molecular complexity index is 1440. The Morgan fingerprint density at radius 1 is 1.10 bits per heavy atom. The van der Waals surface area contributed by atoms with Gasteiger partial charge in [0.15, 0.2) is 0 Å². The Kier molecular flexibility index (Phi) is 9.26. The van der Waals surface area contributed by atoms with Crippen LogP contribution in [0.1, 0.15) is 74.4 Å². The van der Waals surface area contributed by atoms with Gasteiger partial charge in [0.2, 0.25) is 10.0 Å². The Hall–Kier alpha value is -2.55. The first kappa shape index (κ1) is 30.9. The van der Waals surface area contributed by atoms with Crippen molar-refractivity contribution in [3.63, 3.8) is 0 Å². The number of sulfonamides is 1. The number of methoxy groups -OCH3 is 1. The summed E-state index contributed by atoms with van der Waals surface area (Å²) in [6, 6.07) is 11.2. The molecule has 1 fully saturated rings. The lowest BCUT2D eigenvalue weighted by molar-refractivity contribution is -0.0620. The Morgan fingerprint density at radius 3 is 2.64 bits per heavy atom. The molecule has 2 heterocycles. The van der Waals surface area contributed by atoms with E-state index in [0.717, 1.165) is 61.5 Å². The van der Waals surface area contributed by atoms with E-state index in [4.69, 9.17) is 21.1 Å². The molecule has 0 unspecified atom stereocenters. The molecule has 42 heavy (non-hydrogen) atoms. The van der Waals surface area contributed by atoms with Gasteiger partial charge in [0.25, 0.3) is 5.91 Å². The minimum absolute atomic E-state index is 0.188. The molecule has 2 aliphatic heterocycles. The Morgan fingerprint density at radius 2 is 1.90 bits per heavy atom. The number of benzene rings is 2. The molecule has 2 aromatic rings. The van der Waals surface area contributed by atoms with E-state index in [-0.39, 0.29) is 5.92 Å². The number of halogens is 1. The van der Waals surface area contributed by atoms with E-state index < -0.39 is 26.8 Å². The van der Waals surface area contributed by atoms with Crippen molar-refractivity contribution in [2.75, 3.05) is 25.1 Å². The van der Waals surface area contributed by atoms with E-state index in [1.165, 1.54) is 5.56 Å². The highest BCUT2D eigenvalue weighted by Gasteiger charge is 2.44. The summed E-state index contributed by atoms with van der Waals surface area (Å²) >= 11 is 6.32. The van der Waals surface area contributed by atoms with Crippen LogP contribution in [0.2, 0.25) is 5.02 Å². The number of aryl methyl sites for hydroxylation is 1. The number of fused-ring (bicyclic) bond motifs is 3. The molecule has 1 amide bonds. The fraction of sp³-hybridized carbons (Fsp3) is 0.545. The van der Waals surface area contributed by atoms with Crippen LogP contribution in [-0.2, 0) is 27.8 Å². The lowest BCUT2D eigenvalue weighted by atomic mass is 9.64. The highest BCUT2D eigenvalue weighted by Crippen LogP contribution is 2.46. The standard InChI is InChI=1S/C33H43ClN2O5S/c1-22-8-7-16-33(3,40-4)29-14-11-26(29)20-36-17-6-5-9-24-18-28(34)13-10-27(24)21-41-31-15-12-25(19-30(31)36)32(37)35-42(38,39)23(22)2/h7,10,12-13,15-16,18-19,22-23,26,29H,5-6,8-9,11,14,17,20-21H2,1-4H3,(H,35,37)/b16-7+/t22-,23+,26-,29+,33+/m0/s1. The molecule has 5 rings (SSSR count). The number of carbonyl (C=O) groups excluding carboxylic acids is 1. The number of hydrogen-bond acceptors (Lipinski definition) is 6. The summed E-state index contributed by atoms with van der Waals surface area (Å²) in [5.41, 5.74) is 2.94. The first-order valence-electron chi connectivity index (χ1n) is 15.1. The van der Waals surface area contributed by atoms with Gasteiger partial charge in [-0.3, -0.25) is 4.79 Å². The normalized spacial score (nSPS) is 30.8. The molecule has 1 aliphatic carbocycles. The molecule has 0 radical (unpaired) electrons. The zero-order valence-corrected chi connectivity index (χ0v) is 26.6. The van der Waals surface area contributed by atoms with Crippen LogP contribution in [0, 0.1) is 17.8 Å². The maximum absolute atomic E-state index is 13.3. The van der Waals surface area contributed by atoms with E-state index in [9.17, 15) is 13.2 Å². The molecule has 5 atom stereocenters. The predicted molar refractivity (Wildman–Crippen MR) is 168 cm³/mol. The largest absolute Gasteiger partial charge is 0.487 e. The van der Waals surface area contributed by atoms with Gasteiger partial charge < -0.3 is 14.4 Å². The molecule has 0 spiro atoms. The molecule has 0 aromatic heterocycles. The number of anilines is 1. The highest BCUT2D eigenvalue weighted by molar-refractivity contribution is 7.90. The molecule has 2 bridgehead atoms. The van der Waals surface area contributed by atoms with Gasteiger partial charge in [-0.1, -0.05) is 36.7 Å². The summed E-state index contributed by atoms with van der Waals surface area (Å²) in [6.45, 7) is 7.65. The Labute approximate surface area is 255 Å². The molecule has 9 heteroatoms. The Balaban J connectivity index is 1.57. The monoisotopic (exact) mass is 614 g/mol. The molecule has 1 saturated carbocycles. The minimum atomic E-state index is -3.90. The van der Waals surface area contributed by atoms with Crippen LogP contribution >= 0.6 is 11.6 Å². The second kappa shape index (κ2) is 12.6. The van der Waals surface area contributed by atoms with Crippen molar-refractivity contribution >= 4 is 33.2 Å². The number of rotatable bonds is 1. The average molecular weight is 615 g/mol. The van der Waals surface area contributed by atoms with Crippen molar-refractivity contribution in [3.05, 3.63) is 70.3 Å². The smallest absolute Gasteiger partial charge is 0.264 e. The molecule has 2 aromatic carbocycles. The number of allylic oxidation sites excluding steroid dienone is 1. The number of amides is 1. The van der Waals surface area contributed by atoms with E-state index in [1.807, 2.05) is 25.1 Å². The summed E-state index contributed by atoms with van der Waals surface area (Å²) in [4.78, 5) is 15.7. The van der Waals surface area contributed by atoms with Gasteiger partial charge in [-0.05, 0) is 112 Å². The molecule has 3 aliphatic rings. The van der Waals surface area contributed by atoms with Crippen molar-refractivity contribution in [1.29, 1.82) is 0 Å². The van der Waals surface area contributed by atoms with Crippen LogP contribution in [0.4, 0.5) is 5.69 Å². The van der Waals surface area contributed by atoms with Crippen molar-refractivity contribution in [3.8, 4) is 5.75 Å². The predicted octanol–water partition coefficient (Wildman–Crippen LogP) is 6.54. The van der Waals surface area contributed by atoms with Crippen LogP contribution in [-0.4, -0.2) is 45.4 Å². The summed E-state index contributed by atoms with van der Waals surface area (Å²) in [6.07, 6.45) is 9.75. The van der Waals surface area contributed by atoms with Crippen LogP contribution in [0.15, 0.2) is 48.6 Å². The average Bonchev–Trinajstić information content (AvgIpc) is 2.97. The molecule has 0 saturated heterocycles. The first-order valence-corrected chi connectivity index (χ1v) is 17.0. The van der Waals surface area contributed by atoms with Crippen molar-refractivity contribution < 1.29 is 22.7 Å². The highest BCUT2D eigenvalue weighted by atomic mass is 35.5. The van der Waals surface area contributed by atoms with Crippen LogP contribution in [0.5, 0.6) is 5.75 Å². The molecule has 228 valence electrons. The van der Waals surface area contributed by atoms with Gasteiger partial charge in [0, 0.05) is 30.8 Å². The lowest BCUT2D eigenvalue weighted by Crippen LogP contribution is -2.49. The molecule has 1 N–H and O–H groups in total. The van der Waals surface area contributed by atoms with Crippen molar-refractivity contribution in [2.45, 2.75) is 76.8 Å². The number of nitrogens with zero attached hydrogens (tertiary/aromatic N) is 1. The van der Waals surface area contributed by atoms with Crippen LogP contribution < -0.4 is 14.4 Å². The second-order valence-corrected chi connectivity index (χ2v) is 14.9. The van der Waals surface area contributed by atoms with Crippen molar-refractivity contribution in [1.82, 2.24) is 4.72 Å². The van der Waals surface area contributed by atoms with E-state index in [2.05, 4.69) is 28.7 Å². The summed E-state index contributed by atoms with van der Waals surface area (Å²) in [5, 5.41) is -0.0341. The number of nitrogens with one attached hydrogen (secondary N) is 1. The lowest BCUT2D eigenvalue weighted by Gasteiger charge is -2.48. The summed E-state index contributed by atoms with van der Waals surface area (Å²) < 4.78 is 41.4. The maximum atomic E-state index is 13.3.